The van der Waals surface area contributed by atoms with Crippen LogP contribution >= 0.6 is 0 Å². The fourth-order valence-electron chi connectivity index (χ4n) is 1.74. The molecule has 2 rings (SSSR count). The topological polar surface area (TPSA) is 85.0 Å². The number of nitrogens with zero attached hydrogens (tertiary/aromatic N) is 2. The van der Waals surface area contributed by atoms with Crippen LogP contribution in [0.15, 0.2) is 33.6 Å². The lowest BCUT2D eigenvalue weighted by Gasteiger charge is -2.27. The molecule has 19 heavy (non-hydrogen) atoms. The molecule has 2 N–H and O–H groups in total. The van der Waals surface area contributed by atoms with Gasteiger partial charge in [-0.05, 0) is 19.1 Å². The number of hydrogen-bond donors (Lipinski definition) is 1. The quantitative estimate of drug-likeness (QED) is 0.624. The number of morpholine rings is 1. The molecule has 1 aromatic rings. The van der Waals surface area contributed by atoms with E-state index in [0.717, 1.165) is 5.56 Å². The predicted molar refractivity (Wildman–Crippen MR) is 72.4 cm³/mol. The van der Waals surface area contributed by atoms with Gasteiger partial charge in [0.2, 0.25) is 5.96 Å². The molecule has 0 amide bonds. The van der Waals surface area contributed by atoms with E-state index < -0.39 is 10.0 Å². The third-order valence-corrected chi connectivity index (χ3v) is 4.16. The molecule has 0 bridgehead atoms. The summed E-state index contributed by atoms with van der Waals surface area (Å²) < 4.78 is 33.0. The zero-order chi connectivity index (χ0) is 13.9. The van der Waals surface area contributed by atoms with E-state index in [-0.39, 0.29) is 10.9 Å². The molecule has 7 heteroatoms. The molecule has 1 aromatic carbocycles. The lowest BCUT2D eigenvalue weighted by Crippen LogP contribution is -2.45. The van der Waals surface area contributed by atoms with Crippen LogP contribution in [0.1, 0.15) is 5.56 Å². The Bertz CT molecular complexity index is 560. The van der Waals surface area contributed by atoms with Crippen LogP contribution in [0.25, 0.3) is 0 Å². The van der Waals surface area contributed by atoms with E-state index in [0.29, 0.717) is 26.3 Å². The Kier molecular flexibility index (Phi) is 4.06. The molecule has 1 saturated heterocycles. The summed E-state index contributed by atoms with van der Waals surface area (Å²) in [5.41, 5.74) is 6.73. The number of guanidine groups is 1. The highest BCUT2D eigenvalue weighted by Gasteiger charge is 2.18. The van der Waals surface area contributed by atoms with Crippen molar-refractivity contribution in [3.8, 4) is 0 Å². The molecule has 0 aromatic heterocycles. The van der Waals surface area contributed by atoms with Gasteiger partial charge in [0.1, 0.15) is 0 Å². The number of sulfonamides is 1. The van der Waals surface area contributed by atoms with Crippen molar-refractivity contribution in [2.75, 3.05) is 26.3 Å². The van der Waals surface area contributed by atoms with E-state index in [4.69, 9.17) is 10.5 Å². The zero-order valence-electron chi connectivity index (χ0n) is 10.7. The summed E-state index contributed by atoms with van der Waals surface area (Å²) in [6.45, 7) is 4.06. The summed E-state index contributed by atoms with van der Waals surface area (Å²) in [4.78, 5) is 1.85. The minimum atomic E-state index is -3.75. The number of nitrogens with two attached hydrogens (primary N) is 1. The van der Waals surface area contributed by atoms with E-state index in [1.54, 1.807) is 17.0 Å². The first-order chi connectivity index (χ1) is 8.99. The van der Waals surface area contributed by atoms with Gasteiger partial charge in [0, 0.05) is 13.1 Å². The summed E-state index contributed by atoms with van der Waals surface area (Å²) >= 11 is 0. The molecule has 0 aliphatic carbocycles. The van der Waals surface area contributed by atoms with Crippen molar-refractivity contribution in [3.63, 3.8) is 0 Å². The first-order valence-corrected chi connectivity index (χ1v) is 7.43. The standard InChI is InChI=1S/C12H17N3O3S/c1-10-2-4-11(5-3-10)19(16,17)14-12(13)15-6-8-18-9-7-15/h2-5H,6-9H2,1H3,(H2,13,14). The lowest BCUT2D eigenvalue weighted by molar-refractivity contribution is 0.0676. The molecule has 0 unspecified atom stereocenters. The van der Waals surface area contributed by atoms with Crippen molar-refractivity contribution >= 4 is 16.0 Å². The van der Waals surface area contributed by atoms with E-state index >= 15 is 0 Å². The normalized spacial score (nSPS) is 17.5. The molecule has 0 atom stereocenters. The van der Waals surface area contributed by atoms with Gasteiger partial charge in [-0.2, -0.15) is 8.42 Å². The number of rotatable bonds is 2. The highest BCUT2D eigenvalue weighted by Crippen LogP contribution is 2.13. The average molecular weight is 283 g/mol. The predicted octanol–water partition coefficient (Wildman–Crippen LogP) is 0.331. The Hall–Kier alpha value is -1.60. The van der Waals surface area contributed by atoms with Crippen molar-refractivity contribution in [1.82, 2.24) is 4.90 Å². The number of ether oxygens (including phenoxy) is 1. The third kappa shape index (κ3) is 3.45. The minimum Gasteiger partial charge on any atom is -0.378 e. The Morgan fingerprint density at radius 1 is 1.26 bits per heavy atom. The number of aryl methyl sites for hydroxylation is 1. The SMILES string of the molecule is Cc1ccc(S(=O)(=O)/N=C(\N)N2CCOCC2)cc1. The van der Waals surface area contributed by atoms with Crippen molar-refractivity contribution < 1.29 is 13.2 Å². The van der Waals surface area contributed by atoms with Crippen LogP contribution in [0.3, 0.4) is 0 Å². The third-order valence-electron chi connectivity index (χ3n) is 2.87. The molecule has 1 fully saturated rings. The molecule has 1 aliphatic rings. The van der Waals surface area contributed by atoms with Gasteiger partial charge in [-0.25, -0.2) is 0 Å². The van der Waals surface area contributed by atoms with Gasteiger partial charge in [-0.15, -0.1) is 4.40 Å². The maximum Gasteiger partial charge on any atom is 0.285 e. The Morgan fingerprint density at radius 2 is 1.84 bits per heavy atom. The monoisotopic (exact) mass is 283 g/mol. The van der Waals surface area contributed by atoms with Crippen molar-refractivity contribution in [2.24, 2.45) is 10.1 Å². The van der Waals surface area contributed by atoms with E-state index in [2.05, 4.69) is 4.40 Å². The van der Waals surface area contributed by atoms with Crippen LogP contribution in [0.4, 0.5) is 0 Å². The number of hydrogen-bond acceptors (Lipinski definition) is 3. The highest BCUT2D eigenvalue weighted by molar-refractivity contribution is 7.90. The van der Waals surface area contributed by atoms with Gasteiger partial charge in [0.05, 0.1) is 18.1 Å². The maximum atomic E-state index is 12.1. The largest absolute Gasteiger partial charge is 0.378 e. The molecule has 6 nitrogen and oxygen atoms in total. The van der Waals surface area contributed by atoms with Crippen LogP contribution in [0.5, 0.6) is 0 Å². The minimum absolute atomic E-state index is 0.0175. The second kappa shape index (κ2) is 5.58. The van der Waals surface area contributed by atoms with Crippen LogP contribution in [-0.2, 0) is 14.8 Å². The van der Waals surface area contributed by atoms with E-state index in [1.165, 1.54) is 12.1 Å². The van der Waals surface area contributed by atoms with Gasteiger partial charge >= 0.3 is 0 Å². The molecular weight excluding hydrogens is 266 g/mol. The second-order valence-corrected chi connectivity index (χ2v) is 5.94. The number of benzene rings is 1. The summed E-state index contributed by atoms with van der Waals surface area (Å²) in [7, 11) is -3.75. The summed E-state index contributed by atoms with van der Waals surface area (Å²) in [6, 6.07) is 6.52. The van der Waals surface area contributed by atoms with Crippen LogP contribution in [0.2, 0.25) is 0 Å². The highest BCUT2D eigenvalue weighted by atomic mass is 32.2. The Balaban J connectivity index is 2.22. The summed E-state index contributed by atoms with van der Waals surface area (Å²) in [6.07, 6.45) is 0. The molecule has 0 radical (unpaired) electrons. The fraction of sp³-hybridized carbons (Fsp3) is 0.417. The summed E-state index contributed by atoms with van der Waals surface area (Å²) in [5, 5.41) is 0. The average Bonchev–Trinajstić information content (AvgIpc) is 2.40. The van der Waals surface area contributed by atoms with E-state index in [9.17, 15) is 8.42 Å². The van der Waals surface area contributed by atoms with Crippen LogP contribution in [-0.4, -0.2) is 45.6 Å². The maximum absolute atomic E-state index is 12.1. The van der Waals surface area contributed by atoms with E-state index in [1.807, 2.05) is 6.92 Å². The molecule has 0 spiro atoms. The second-order valence-electron chi connectivity index (χ2n) is 4.34. The Labute approximate surface area is 112 Å². The first kappa shape index (κ1) is 13.8. The molecule has 0 saturated carbocycles. The molecule has 1 heterocycles. The van der Waals surface area contributed by atoms with Gasteiger partial charge in [0.15, 0.2) is 0 Å². The first-order valence-electron chi connectivity index (χ1n) is 5.99. The van der Waals surface area contributed by atoms with Crippen molar-refractivity contribution in [3.05, 3.63) is 29.8 Å². The Morgan fingerprint density at radius 3 is 2.42 bits per heavy atom. The van der Waals surface area contributed by atoms with Gasteiger partial charge in [-0.1, -0.05) is 17.7 Å². The van der Waals surface area contributed by atoms with Crippen molar-refractivity contribution in [1.29, 1.82) is 0 Å². The van der Waals surface area contributed by atoms with Crippen molar-refractivity contribution in [2.45, 2.75) is 11.8 Å². The van der Waals surface area contributed by atoms with Gasteiger partial charge in [0.25, 0.3) is 10.0 Å². The lowest BCUT2D eigenvalue weighted by atomic mass is 10.2. The van der Waals surface area contributed by atoms with Crippen LogP contribution < -0.4 is 5.73 Å². The zero-order valence-corrected chi connectivity index (χ0v) is 11.6. The smallest absolute Gasteiger partial charge is 0.285 e. The van der Waals surface area contributed by atoms with Gasteiger partial charge < -0.3 is 15.4 Å². The fourth-order valence-corrected chi connectivity index (χ4v) is 2.68. The van der Waals surface area contributed by atoms with Gasteiger partial charge in [-0.3, -0.25) is 0 Å². The molecular formula is C12H17N3O3S. The molecule has 1 aliphatic heterocycles. The van der Waals surface area contributed by atoms with Crippen LogP contribution in [0, 0.1) is 6.92 Å². The molecule has 104 valence electrons. The summed E-state index contributed by atoms with van der Waals surface area (Å²) in [5.74, 6) is 0.0175.